The summed E-state index contributed by atoms with van der Waals surface area (Å²) in [6.45, 7) is 1.91. The van der Waals surface area contributed by atoms with Gasteiger partial charge in [-0.1, -0.05) is 60.2 Å². The van der Waals surface area contributed by atoms with E-state index in [0.717, 1.165) is 5.56 Å². The summed E-state index contributed by atoms with van der Waals surface area (Å²) in [5.74, 6) is -1.11. The number of hydrogen-bond acceptors (Lipinski definition) is 2. The molecule has 2 nitrogen and oxygen atoms in total. The molecule has 3 aromatic rings. The fourth-order valence-electron chi connectivity index (χ4n) is 2.13. The van der Waals surface area contributed by atoms with Crippen molar-refractivity contribution in [3.8, 4) is 22.6 Å². The van der Waals surface area contributed by atoms with Crippen LogP contribution in [0.2, 0.25) is 0 Å². The maximum Gasteiger partial charge on any atom is 0.468 e. The molecule has 1 heterocycles. The van der Waals surface area contributed by atoms with Crippen molar-refractivity contribution in [2.45, 2.75) is 13.1 Å². The fraction of sp³-hybridized carbons (Fsp3) is 0.118. The maximum absolute atomic E-state index is 12.9. The van der Waals surface area contributed by atoms with Gasteiger partial charge in [0.1, 0.15) is 5.69 Å². The summed E-state index contributed by atoms with van der Waals surface area (Å²) >= 11 is 0. The van der Waals surface area contributed by atoms with E-state index in [1.54, 1.807) is 42.5 Å². The van der Waals surface area contributed by atoms with Gasteiger partial charge in [-0.2, -0.15) is 13.2 Å². The first-order chi connectivity index (χ1) is 10.4. The molecule has 0 saturated heterocycles. The van der Waals surface area contributed by atoms with Crippen molar-refractivity contribution >= 4 is 0 Å². The summed E-state index contributed by atoms with van der Waals surface area (Å²) in [5.41, 5.74) is 2.35. The lowest BCUT2D eigenvalue weighted by atomic mass is 10.0. The van der Waals surface area contributed by atoms with Crippen molar-refractivity contribution in [2.24, 2.45) is 0 Å². The van der Waals surface area contributed by atoms with Crippen molar-refractivity contribution in [1.82, 2.24) is 4.98 Å². The van der Waals surface area contributed by atoms with Gasteiger partial charge in [0.2, 0.25) is 0 Å². The van der Waals surface area contributed by atoms with E-state index < -0.39 is 12.1 Å². The highest BCUT2D eigenvalue weighted by molar-refractivity contribution is 5.76. The molecule has 0 atom stereocenters. The number of hydrogen-bond donors (Lipinski definition) is 0. The van der Waals surface area contributed by atoms with Gasteiger partial charge in [-0.3, -0.25) is 0 Å². The second kappa shape index (κ2) is 5.33. The Balaban J connectivity index is 2.19. The summed E-state index contributed by atoms with van der Waals surface area (Å²) in [6.07, 6.45) is -4.62. The van der Waals surface area contributed by atoms with Gasteiger partial charge >= 0.3 is 12.1 Å². The second-order valence-electron chi connectivity index (χ2n) is 4.93. The first kappa shape index (κ1) is 14.4. The smallest absolute Gasteiger partial charge is 0.432 e. The van der Waals surface area contributed by atoms with Gasteiger partial charge in [-0.05, 0) is 6.92 Å². The van der Waals surface area contributed by atoms with Crippen molar-refractivity contribution in [2.75, 3.05) is 0 Å². The van der Waals surface area contributed by atoms with E-state index in [-0.39, 0.29) is 11.5 Å². The number of benzene rings is 2. The molecule has 0 spiro atoms. The third-order valence-electron chi connectivity index (χ3n) is 3.23. The largest absolute Gasteiger partial charge is 0.468 e. The van der Waals surface area contributed by atoms with Crippen molar-refractivity contribution in [1.29, 1.82) is 0 Å². The number of oxazole rings is 1. The van der Waals surface area contributed by atoms with Crippen molar-refractivity contribution in [3.63, 3.8) is 0 Å². The lowest BCUT2D eigenvalue weighted by Crippen LogP contribution is -2.04. The molecule has 0 unspecified atom stereocenters. The first-order valence-corrected chi connectivity index (χ1v) is 6.65. The van der Waals surface area contributed by atoms with Crippen molar-refractivity contribution < 1.29 is 17.6 Å². The minimum Gasteiger partial charge on any atom is -0.432 e. The van der Waals surface area contributed by atoms with Gasteiger partial charge in [-0.15, -0.1) is 0 Å². The van der Waals surface area contributed by atoms with Crippen LogP contribution in [0.1, 0.15) is 11.5 Å². The van der Waals surface area contributed by atoms with Gasteiger partial charge in [0.15, 0.2) is 5.76 Å². The number of nitrogens with zero attached hydrogens (tertiary/aromatic N) is 1. The van der Waals surface area contributed by atoms with Crippen LogP contribution in [0.25, 0.3) is 22.6 Å². The molecule has 5 heteroatoms. The highest BCUT2D eigenvalue weighted by Crippen LogP contribution is 2.38. The zero-order chi connectivity index (χ0) is 15.7. The van der Waals surface area contributed by atoms with Crippen LogP contribution in [-0.4, -0.2) is 4.98 Å². The minimum atomic E-state index is -4.62. The van der Waals surface area contributed by atoms with E-state index in [4.69, 9.17) is 4.42 Å². The zero-order valence-electron chi connectivity index (χ0n) is 11.7. The van der Waals surface area contributed by atoms with E-state index >= 15 is 0 Å². The maximum atomic E-state index is 12.9. The molecule has 0 bridgehead atoms. The summed E-state index contributed by atoms with van der Waals surface area (Å²) in [7, 11) is 0. The van der Waals surface area contributed by atoms with Crippen LogP contribution >= 0.6 is 0 Å². The van der Waals surface area contributed by atoms with Crippen LogP contribution in [0.15, 0.2) is 59.0 Å². The molecule has 0 N–H and O–H groups in total. The highest BCUT2D eigenvalue weighted by Gasteiger charge is 2.38. The van der Waals surface area contributed by atoms with E-state index in [1.165, 1.54) is 0 Å². The van der Waals surface area contributed by atoms with Crippen LogP contribution in [0.5, 0.6) is 0 Å². The Morgan fingerprint density at radius 2 is 1.50 bits per heavy atom. The van der Waals surface area contributed by atoms with Gasteiger partial charge < -0.3 is 4.42 Å². The van der Waals surface area contributed by atoms with Crippen molar-refractivity contribution in [3.05, 3.63) is 66.1 Å². The van der Waals surface area contributed by atoms with Gasteiger partial charge in [-0.25, -0.2) is 4.98 Å². The van der Waals surface area contributed by atoms with Crippen LogP contribution in [0.3, 0.4) is 0 Å². The van der Waals surface area contributed by atoms with Gasteiger partial charge in [0.05, 0.1) is 0 Å². The molecule has 22 heavy (non-hydrogen) atoms. The Kier molecular flexibility index (Phi) is 3.48. The van der Waals surface area contributed by atoms with Crippen LogP contribution < -0.4 is 0 Å². The molecular weight excluding hydrogens is 291 g/mol. The second-order valence-corrected chi connectivity index (χ2v) is 4.93. The molecule has 3 rings (SSSR count). The zero-order valence-corrected chi connectivity index (χ0v) is 11.7. The topological polar surface area (TPSA) is 26.0 Å². The monoisotopic (exact) mass is 303 g/mol. The quantitative estimate of drug-likeness (QED) is 0.639. The molecule has 112 valence electrons. The standard InChI is InChI=1S/C17H12F3NO/c1-11-7-9-13(10-8-11)15-14(12-5-3-2-4-6-12)21-16(22-15)17(18,19)20/h2-10H,1H3. The Morgan fingerprint density at radius 1 is 0.864 bits per heavy atom. The number of aryl methyl sites for hydroxylation is 1. The Morgan fingerprint density at radius 3 is 2.09 bits per heavy atom. The summed E-state index contributed by atoms with van der Waals surface area (Å²) in [6, 6.07) is 15.8. The molecule has 2 aromatic carbocycles. The molecule has 0 aliphatic rings. The van der Waals surface area contributed by atoms with Gasteiger partial charge in [0.25, 0.3) is 0 Å². The normalized spacial score (nSPS) is 11.6. The average molecular weight is 303 g/mol. The molecule has 0 radical (unpaired) electrons. The Hall–Kier alpha value is -2.56. The molecule has 0 fully saturated rings. The van der Waals surface area contributed by atoms with E-state index in [9.17, 15) is 13.2 Å². The summed E-state index contributed by atoms with van der Waals surface area (Å²) in [5, 5.41) is 0. The number of alkyl halides is 3. The van der Waals surface area contributed by atoms with Crippen LogP contribution in [0, 0.1) is 6.92 Å². The molecule has 1 aromatic heterocycles. The summed E-state index contributed by atoms with van der Waals surface area (Å²) in [4.78, 5) is 3.66. The van der Waals surface area contributed by atoms with E-state index in [2.05, 4.69) is 4.98 Å². The fourth-order valence-corrected chi connectivity index (χ4v) is 2.13. The predicted octanol–water partition coefficient (Wildman–Crippen LogP) is 5.34. The molecule has 0 aliphatic carbocycles. The lowest BCUT2D eigenvalue weighted by Gasteiger charge is -2.02. The third kappa shape index (κ3) is 2.74. The Labute approximate surface area is 125 Å². The first-order valence-electron chi connectivity index (χ1n) is 6.65. The number of halogens is 3. The average Bonchev–Trinajstić information content (AvgIpc) is 2.94. The molecule has 0 aliphatic heterocycles. The predicted molar refractivity (Wildman–Crippen MR) is 77.1 cm³/mol. The highest BCUT2D eigenvalue weighted by atomic mass is 19.4. The van der Waals surface area contributed by atoms with E-state index in [1.807, 2.05) is 19.1 Å². The van der Waals surface area contributed by atoms with Crippen LogP contribution in [0.4, 0.5) is 13.2 Å². The molecule has 0 saturated carbocycles. The van der Waals surface area contributed by atoms with Gasteiger partial charge in [0, 0.05) is 11.1 Å². The molecular formula is C17H12F3NO. The lowest BCUT2D eigenvalue weighted by molar-refractivity contribution is -0.156. The molecule has 0 amide bonds. The number of aromatic nitrogens is 1. The minimum absolute atomic E-state index is 0.124. The number of rotatable bonds is 2. The van der Waals surface area contributed by atoms with Crippen LogP contribution in [-0.2, 0) is 6.18 Å². The third-order valence-corrected chi connectivity index (χ3v) is 3.23. The Bertz CT molecular complexity index is 774. The van der Waals surface area contributed by atoms with E-state index in [0.29, 0.717) is 11.1 Å². The summed E-state index contributed by atoms with van der Waals surface area (Å²) < 4.78 is 43.8. The SMILES string of the molecule is Cc1ccc(-c2oc(C(F)(F)F)nc2-c2ccccc2)cc1.